The lowest BCUT2D eigenvalue weighted by Gasteiger charge is -2.56. The van der Waals surface area contributed by atoms with E-state index in [4.69, 9.17) is 23.7 Å². The number of carbonyl (C=O) groups is 5. The number of fused-ring (bicyclic) bond motifs is 2. The van der Waals surface area contributed by atoms with Gasteiger partial charge < -0.3 is 23.7 Å². The van der Waals surface area contributed by atoms with E-state index in [1.54, 1.807) is 25.2 Å². The van der Waals surface area contributed by atoms with Gasteiger partial charge in [-0.25, -0.2) is 4.79 Å². The SMILES string of the molecule is COC(=O)/C(C)=C\CC12OC(C)(C)C3CC(C=C4C(=O)c5c(c(CC=C(C)C)c6c7c5OC(=O)CC(=O)C7=CC(C)(CCC=C(C)C)O6)OC431)C2=O. The molecule has 0 aromatic heterocycles. The van der Waals surface area contributed by atoms with Gasteiger partial charge in [0.05, 0.1) is 18.3 Å². The molecule has 0 radical (unpaired) electrons. The van der Waals surface area contributed by atoms with E-state index in [1.807, 2.05) is 54.5 Å². The Balaban J connectivity index is 1.52. The van der Waals surface area contributed by atoms with E-state index in [9.17, 15) is 19.2 Å². The van der Waals surface area contributed by atoms with Crippen molar-refractivity contribution in [1.82, 2.24) is 0 Å². The highest BCUT2D eigenvalue weighted by molar-refractivity contribution is 6.30. The molecule has 5 atom stereocenters. The van der Waals surface area contributed by atoms with Crippen molar-refractivity contribution in [2.45, 2.75) is 116 Å². The highest BCUT2D eigenvalue weighted by atomic mass is 16.6. The summed E-state index contributed by atoms with van der Waals surface area (Å²) in [5.41, 5.74) is -1.35. The minimum atomic E-state index is -1.66. The van der Waals surface area contributed by atoms with Gasteiger partial charge in [0.1, 0.15) is 29.1 Å². The van der Waals surface area contributed by atoms with Crippen molar-refractivity contribution >= 4 is 34.9 Å². The molecule has 4 bridgehead atoms. The van der Waals surface area contributed by atoms with Crippen LogP contribution in [0.15, 0.2) is 52.7 Å². The number of hydrogen-bond acceptors (Lipinski definition) is 10. The summed E-state index contributed by atoms with van der Waals surface area (Å²) in [7, 11) is 1.29. The van der Waals surface area contributed by atoms with Crippen LogP contribution in [0.4, 0.5) is 0 Å². The molecule has 5 unspecified atom stereocenters. The number of benzene rings is 1. The third-order valence-corrected chi connectivity index (χ3v) is 11.5. The molecule has 1 aromatic carbocycles. The topological polar surface area (TPSA) is 132 Å². The Kier molecular flexibility index (Phi) is 8.25. The molecule has 0 amide bonds. The Bertz CT molecular complexity index is 2030. The van der Waals surface area contributed by atoms with Crippen molar-refractivity contribution in [3.8, 4) is 17.2 Å². The minimum absolute atomic E-state index is 0.0205. The molecule has 3 aliphatic carbocycles. The first-order valence-electron chi connectivity index (χ1n) is 18.0. The Morgan fingerprint density at radius 2 is 1.62 bits per heavy atom. The largest absolute Gasteiger partial charge is 0.482 e. The fraction of sp³-hybridized carbons (Fsp3) is 0.500. The summed E-state index contributed by atoms with van der Waals surface area (Å²) >= 11 is 0. The van der Waals surface area contributed by atoms with Gasteiger partial charge in [-0.3, -0.25) is 19.2 Å². The summed E-state index contributed by atoms with van der Waals surface area (Å²) in [6.07, 6.45) is 10.5. The fourth-order valence-electron chi connectivity index (χ4n) is 9.18. The second kappa shape index (κ2) is 12.0. The number of Topliss-reactive ketones (excluding diaryl/α,β-unsaturated/α-hetero) is 3. The molecule has 1 saturated carbocycles. The molecule has 52 heavy (non-hydrogen) atoms. The Labute approximate surface area is 303 Å². The van der Waals surface area contributed by atoms with Gasteiger partial charge in [-0.15, -0.1) is 0 Å². The van der Waals surface area contributed by atoms with Gasteiger partial charge in [-0.05, 0) is 87.1 Å². The third-order valence-electron chi connectivity index (χ3n) is 11.5. The van der Waals surface area contributed by atoms with Gasteiger partial charge in [-0.2, -0.15) is 0 Å². The van der Waals surface area contributed by atoms with E-state index in [2.05, 4.69) is 6.08 Å². The maximum Gasteiger partial charge on any atom is 0.333 e. The Morgan fingerprint density at radius 3 is 2.29 bits per heavy atom. The first-order valence-corrected chi connectivity index (χ1v) is 18.0. The fourth-order valence-corrected chi connectivity index (χ4v) is 9.18. The molecule has 0 N–H and O–H groups in total. The number of methoxy groups -OCH3 is 1. The van der Waals surface area contributed by atoms with Gasteiger partial charge >= 0.3 is 11.9 Å². The van der Waals surface area contributed by atoms with Crippen LogP contribution in [0.1, 0.15) is 109 Å². The van der Waals surface area contributed by atoms with Crippen LogP contribution < -0.4 is 14.2 Å². The second-order valence-corrected chi connectivity index (χ2v) is 16.2. The molecule has 1 saturated heterocycles. The van der Waals surface area contributed by atoms with Gasteiger partial charge in [-0.1, -0.05) is 35.5 Å². The van der Waals surface area contributed by atoms with Gasteiger partial charge in [0.25, 0.3) is 0 Å². The van der Waals surface area contributed by atoms with Crippen molar-refractivity contribution < 1.29 is 47.7 Å². The molecular formula is C42H46O10. The van der Waals surface area contributed by atoms with E-state index in [-0.39, 0.29) is 58.0 Å². The van der Waals surface area contributed by atoms with Crippen LogP contribution in [0.2, 0.25) is 0 Å². The van der Waals surface area contributed by atoms with Gasteiger partial charge in [0, 0.05) is 40.5 Å². The molecule has 10 heteroatoms. The molecule has 4 aliphatic heterocycles. The van der Waals surface area contributed by atoms with E-state index in [0.29, 0.717) is 30.6 Å². The first-order chi connectivity index (χ1) is 24.4. The summed E-state index contributed by atoms with van der Waals surface area (Å²) in [4.78, 5) is 69.4. The first kappa shape index (κ1) is 35.8. The number of ether oxygens (including phenoxy) is 5. The van der Waals surface area contributed by atoms with Crippen LogP contribution >= 0.6 is 0 Å². The van der Waals surface area contributed by atoms with Crippen LogP contribution in [-0.4, -0.2) is 58.8 Å². The Hall–Kier alpha value is -4.57. The van der Waals surface area contributed by atoms with Crippen molar-refractivity contribution in [3.05, 3.63) is 69.4 Å². The number of esters is 2. The van der Waals surface area contributed by atoms with Crippen molar-refractivity contribution in [2.24, 2.45) is 11.8 Å². The van der Waals surface area contributed by atoms with Gasteiger partial charge in [0.15, 0.2) is 34.3 Å². The average molecular weight is 711 g/mol. The molecule has 10 nitrogen and oxygen atoms in total. The van der Waals surface area contributed by atoms with Crippen LogP contribution in [0.3, 0.4) is 0 Å². The van der Waals surface area contributed by atoms with E-state index >= 15 is 4.79 Å². The standard InChI is InChI=1S/C42H46O10/c1-21(2)11-10-15-40(8)20-26-28(43)19-30(44)49-36-31(26)34(50-40)25(13-12-22(3)4)35-32(36)33(45)27-17-24-18-29-39(6,7)52-41(37(24)46,42(27,29)51-35)16-14-23(5)38(47)48-9/h11-12,14,17,20,24,29H,10,13,15-16,18-19H2,1-9H3/b23-14-. The quantitative estimate of drug-likeness (QED) is 0.0926. The lowest BCUT2D eigenvalue weighted by atomic mass is 9.51. The van der Waals surface area contributed by atoms with E-state index < -0.39 is 64.2 Å². The van der Waals surface area contributed by atoms with Crippen LogP contribution in [0, 0.1) is 11.8 Å². The molecule has 1 aromatic rings. The predicted molar refractivity (Wildman–Crippen MR) is 191 cm³/mol. The number of hydrogen-bond donors (Lipinski definition) is 0. The summed E-state index contributed by atoms with van der Waals surface area (Å²) in [5.74, 6) is -3.15. The van der Waals surface area contributed by atoms with Crippen molar-refractivity contribution in [2.75, 3.05) is 7.11 Å². The minimum Gasteiger partial charge on any atom is -0.482 e. The zero-order valence-corrected chi connectivity index (χ0v) is 31.4. The molecule has 7 aliphatic rings. The lowest BCUT2D eigenvalue weighted by molar-refractivity contribution is -0.171. The second-order valence-electron chi connectivity index (χ2n) is 16.2. The average Bonchev–Trinajstić information content (AvgIpc) is 3.11. The monoisotopic (exact) mass is 710 g/mol. The number of ketones is 3. The van der Waals surface area contributed by atoms with Crippen LogP contribution in [-0.2, 0) is 35.1 Å². The number of rotatable bonds is 8. The van der Waals surface area contributed by atoms with Gasteiger partial charge in [0.2, 0.25) is 0 Å². The molecule has 4 heterocycles. The zero-order chi connectivity index (χ0) is 37.7. The molecular weight excluding hydrogens is 664 g/mol. The van der Waals surface area contributed by atoms with E-state index in [1.165, 1.54) is 7.11 Å². The van der Waals surface area contributed by atoms with Crippen molar-refractivity contribution in [1.29, 1.82) is 0 Å². The number of carbonyl (C=O) groups excluding carboxylic acids is 5. The highest BCUT2D eigenvalue weighted by Crippen LogP contribution is 2.69. The number of allylic oxidation sites excluding steroid dienone is 6. The molecule has 8 rings (SSSR count). The molecule has 1 spiro atoms. The summed E-state index contributed by atoms with van der Waals surface area (Å²) in [6, 6.07) is 0. The summed E-state index contributed by atoms with van der Waals surface area (Å²) < 4.78 is 31.9. The predicted octanol–water partition coefficient (Wildman–Crippen LogP) is 6.87. The zero-order valence-electron chi connectivity index (χ0n) is 31.4. The summed E-state index contributed by atoms with van der Waals surface area (Å²) in [6.45, 7) is 15.2. The third kappa shape index (κ3) is 5.04. The molecule has 2 fully saturated rings. The van der Waals surface area contributed by atoms with Crippen molar-refractivity contribution in [3.63, 3.8) is 0 Å². The van der Waals surface area contributed by atoms with Crippen LogP contribution in [0.25, 0.3) is 5.57 Å². The lowest BCUT2D eigenvalue weighted by Crippen LogP contribution is -2.72. The van der Waals surface area contributed by atoms with Crippen LogP contribution in [0.5, 0.6) is 17.2 Å². The highest BCUT2D eigenvalue weighted by Gasteiger charge is 2.81. The summed E-state index contributed by atoms with van der Waals surface area (Å²) in [5, 5.41) is 0. The van der Waals surface area contributed by atoms with E-state index in [0.717, 1.165) is 11.1 Å². The normalized spacial score (nSPS) is 30.4. The Morgan fingerprint density at radius 1 is 0.923 bits per heavy atom. The molecule has 274 valence electrons. The smallest absolute Gasteiger partial charge is 0.333 e. The maximum atomic E-state index is 15.3. The maximum absolute atomic E-state index is 15.3.